The summed E-state index contributed by atoms with van der Waals surface area (Å²) in [7, 11) is 0. The molecule has 0 aliphatic rings. The highest BCUT2D eigenvalue weighted by molar-refractivity contribution is 9.10. The summed E-state index contributed by atoms with van der Waals surface area (Å²) in [5.74, 6) is -0.193. The van der Waals surface area contributed by atoms with Crippen LogP contribution >= 0.6 is 27.7 Å². The van der Waals surface area contributed by atoms with Gasteiger partial charge in [0.05, 0.1) is 0 Å². The lowest BCUT2D eigenvalue weighted by Gasteiger charge is -2.17. The fraction of sp³-hybridized carbons (Fsp3) is 0.400. The van der Waals surface area contributed by atoms with Crippen molar-refractivity contribution in [1.29, 1.82) is 0 Å². The van der Waals surface area contributed by atoms with Gasteiger partial charge in [-0.15, -0.1) is 11.8 Å². The monoisotopic (exact) mass is 262 g/mol. The van der Waals surface area contributed by atoms with Crippen LogP contribution in [-0.2, 0) is 0 Å². The van der Waals surface area contributed by atoms with Gasteiger partial charge in [-0.2, -0.15) is 0 Å². The lowest BCUT2D eigenvalue weighted by atomic mass is 10.3. The Labute approximate surface area is 91.0 Å². The first-order valence-electron chi connectivity index (χ1n) is 4.02. The minimum Gasteiger partial charge on any atom is -0.207 e. The standard InChI is InChI=1S/C10H12BrFS/c1-10(2,3)13-9-5-7(11)4-8(12)6-9/h4-6H,1-3H3. The van der Waals surface area contributed by atoms with Crippen LogP contribution in [-0.4, -0.2) is 4.75 Å². The van der Waals surface area contributed by atoms with Gasteiger partial charge in [0, 0.05) is 14.1 Å². The molecular weight excluding hydrogens is 251 g/mol. The van der Waals surface area contributed by atoms with E-state index in [4.69, 9.17) is 0 Å². The van der Waals surface area contributed by atoms with Crippen LogP contribution in [0.25, 0.3) is 0 Å². The number of rotatable bonds is 1. The third kappa shape index (κ3) is 4.14. The molecular formula is C10H12BrFS. The molecule has 0 spiro atoms. The smallest absolute Gasteiger partial charge is 0.125 e. The zero-order valence-corrected chi connectivity index (χ0v) is 10.3. The Bertz CT molecular complexity index is 284. The van der Waals surface area contributed by atoms with E-state index in [1.165, 1.54) is 6.07 Å². The van der Waals surface area contributed by atoms with E-state index in [1.807, 2.05) is 6.07 Å². The molecule has 0 fully saturated rings. The van der Waals surface area contributed by atoms with Crippen molar-refractivity contribution in [3.8, 4) is 0 Å². The molecule has 0 unspecified atom stereocenters. The molecule has 1 rings (SSSR count). The molecule has 13 heavy (non-hydrogen) atoms. The first-order chi connectivity index (χ1) is 5.87. The first kappa shape index (κ1) is 11.1. The van der Waals surface area contributed by atoms with Gasteiger partial charge in [-0.1, -0.05) is 36.7 Å². The molecule has 3 heteroatoms. The van der Waals surface area contributed by atoms with Gasteiger partial charge < -0.3 is 0 Å². The van der Waals surface area contributed by atoms with Gasteiger partial charge >= 0.3 is 0 Å². The van der Waals surface area contributed by atoms with Crippen LogP contribution in [0.2, 0.25) is 0 Å². The Hall–Kier alpha value is -0.0200. The summed E-state index contributed by atoms with van der Waals surface area (Å²) in [6, 6.07) is 4.95. The summed E-state index contributed by atoms with van der Waals surface area (Å²) in [5.41, 5.74) is 0. The molecule has 0 amide bonds. The maximum Gasteiger partial charge on any atom is 0.125 e. The van der Waals surface area contributed by atoms with Gasteiger partial charge in [0.1, 0.15) is 5.82 Å². The van der Waals surface area contributed by atoms with Crippen LogP contribution in [0, 0.1) is 5.82 Å². The zero-order valence-electron chi connectivity index (χ0n) is 7.90. The van der Waals surface area contributed by atoms with E-state index in [1.54, 1.807) is 17.8 Å². The van der Waals surface area contributed by atoms with Crippen molar-refractivity contribution in [3.63, 3.8) is 0 Å². The Morgan fingerprint density at radius 1 is 1.23 bits per heavy atom. The van der Waals surface area contributed by atoms with Crippen LogP contribution in [0.1, 0.15) is 20.8 Å². The van der Waals surface area contributed by atoms with Crippen molar-refractivity contribution < 1.29 is 4.39 Å². The van der Waals surface area contributed by atoms with Crippen LogP contribution < -0.4 is 0 Å². The Balaban J connectivity index is 2.90. The molecule has 0 saturated heterocycles. The van der Waals surface area contributed by atoms with Crippen LogP contribution in [0.4, 0.5) is 4.39 Å². The van der Waals surface area contributed by atoms with Gasteiger partial charge in [0.25, 0.3) is 0 Å². The lowest BCUT2D eigenvalue weighted by Crippen LogP contribution is -2.06. The molecule has 0 bridgehead atoms. The van der Waals surface area contributed by atoms with Gasteiger partial charge in [0.15, 0.2) is 0 Å². The number of thioether (sulfide) groups is 1. The maximum atomic E-state index is 13.0. The van der Waals surface area contributed by atoms with E-state index in [0.29, 0.717) is 0 Å². The number of halogens is 2. The van der Waals surface area contributed by atoms with Crippen LogP contribution in [0.15, 0.2) is 27.6 Å². The average molecular weight is 263 g/mol. The van der Waals surface area contributed by atoms with Gasteiger partial charge in [-0.25, -0.2) is 4.39 Å². The van der Waals surface area contributed by atoms with Crippen molar-refractivity contribution >= 4 is 27.7 Å². The number of hydrogen-bond acceptors (Lipinski definition) is 1. The molecule has 1 aromatic carbocycles. The van der Waals surface area contributed by atoms with E-state index < -0.39 is 0 Å². The highest BCUT2D eigenvalue weighted by atomic mass is 79.9. The third-order valence-corrected chi connectivity index (χ3v) is 2.80. The minimum atomic E-state index is -0.193. The first-order valence-corrected chi connectivity index (χ1v) is 5.63. The fourth-order valence-electron chi connectivity index (χ4n) is 0.941. The van der Waals surface area contributed by atoms with Gasteiger partial charge in [-0.05, 0) is 18.2 Å². The predicted molar refractivity (Wildman–Crippen MR) is 59.7 cm³/mol. The van der Waals surface area contributed by atoms with Crippen molar-refractivity contribution in [1.82, 2.24) is 0 Å². The summed E-state index contributed by atoms with van der Waals surface area (Å²) >= 11 is 4.93. The average Bonchev–Trinajstić information content (AvgIpc) is 1.78. The van der Waals surface area contributed by atoms with Crippen molar-refractivity contribution in [2.24, 2.45) is 0 Å². The molecule has 0 atom stereocenters. The molecule has 0 aliphatic heterocycles. The molecule has 0 aliphatic carbocycles. The summed E-state index contributed by atoms with van der Waals surface area (Å²) in [5, 5.41) is 0. The van der Waals surface area contributed by atoms with E-state index in [0.717, 1.165) is 9.37 Å². The van der Waals surface area contributed by atoms with E-state index >= 15 is 0 Å². The summed E-state index contributed by atoms with van der Waals surface area (Å²) in [4.78, 5) is 0.958. The quantitative estimate of drug-likeness (QED) is 0.673. The van der Waals surface area contributed by atoms with Crippen molar-refractivity contribution in [3.05, 3.63) is 28.5 Å². The predicted octanol–water partition coefficient (Wildman–Crippen LogP) is 4.48. The number of hydrogen-bond donors (Lipinski definition) is 0. The maximum absolute atomic E-state index is 13.0. The van der Waals surface area contributed by atoms with E-state index in [-0.39, 0.29) is 10.6 Å². The Morgan fingerprint density at radius 3 is 2.31 bits per heavy atom. The Morgan fingerprint density at radius 2 is 1.85 bits per heavy atom. The largest absolute Gasteiger partial charge is 0.207 e. The van der Waals surface area contributed by atoms with Gasteiger partial charge in [0.2, 0.25) is 0 Å². The minimum absolute atomic E-state index is 0.118. The van der Waals surface area contributed by atoms with Crippen molar-refractivity contribution in [2.45, 2.75) is 30.4 Å². The summed E-state index contributed by atoms with van der Waals surface area (Å²) in [6.45, 7) is 6.32. The van der Waals surface area contributed by atoms with Crippen molar-refractivity contribution in [2.75, 3.05) is 0 Å². The summed E-state index contributed by atoms with van der Waals surface area (Å²) in [6.07, 6.45) is 0. The molecule has 0 N–H and O–H groups in total. The van der Waals surface area contributed by atoms with Crippen LogP contribution in [0.3, 0.4) is 0 Å². The summed E-state index contributed by atoms with van der Waals surface area (Å²) < 4.78 is 13.9. The molecule has 72 valence electrons. The molecule has 0 aromatic heterocycles. The second-order valence-electron chi connectivity index (χ2n) is 3.82. The molecule has 0 nitrogen and oxygen atoms in total. The van der Waals surface area contributed by atoms with Gasteiger partial charge in [-0.3, -0.25) is 0 Å². The van der Waals surface area contributed by atoms with E-state index in [9.17, 15) is 4.39 Å². The topological polar surface area (TPSA) is 0 Å². The molecule has 1 aromatic rings. The molecule has 0 heterocycles. The Kier molecular flexibility index (Phi) is 3.41. The normalized spacial score (nSPS) is 11.8. The van der Waals surface area contributed by atoms with Crippen LogP contribution in [0.5, 0.6) is 0 Å². The fourth-order valence-corrected chi connectivity index (χ4v) is 2.62. The molecule has 0 radical (unpaired) electrons. The second-order valence-corrected chi connectivity index (χ2v) is 6.64. The highest BCUT2D eigenvalue weighted by Gasteiger charge is 2.12. The molecule has 0 saturated carbocycles. The second kappa shape index (κ2) is 4.01. The lowest BCUT2D eigenvalue weighted by molar-refractivity contribution is 0.623. The zero-order chi connectivity index (χ0) is 10.1. The SMILES string of the molecule is CC(C)(C)Sc1cc(F)cc(Br)c1. The highest BCUT2D eigenvalue weighted by Crippen LogP contribution is 2.33. The third-order valence-electron chi connectivity index (χ3n) is 1.26. The number of benzene rings is 1. The van der Waals surface area contributed by atoms with E-state index in [2.05, 4.69) is 36.7 Å².